The van der Waals surface area contributed by atoms with Crippen molar-refractivity contribution in [2.24, 2.45) is 5.41 Å². The average Bonchev–Trinajstić information content (AvgIpc) is 3.07. The van der Waals surface area contributed by atoms with E-state index in [2.05, 4.69) is 15.0 Å². The molecule has 3 rings (SSSR count). The van der Waals surface area contributed by atoms with Crippen LogP contribution >= 0.6 is 0 Å². The predicted molar refractivity (Wildman–Crippen MR) is 114 cm³/mol. The monoisotopic (exact) mass is 449 g/mol. The maximum absolute atomic E-state index is 14.1. The van der Waals surface area contributed by atoms with E-state index < -0.39 is 24.0 Å². The van der Waals surface area contributed by atoms with E-state index >= 15 is 0 Å². The van der Waals surface area contributed by atoms with Gasteiger partial charge in [0.1, 0.15) is 11.6 Å². The Labute approximate surface area is 184 Å². The normalized spacial score (nSPS) is 14.4. The third kappa shape index (κ3) is 5.18. The summed E-state index contributed by atoms with van der Waals surface area (Å²) in [5, 5.41) is 10.8. The SMILES string of the molecule is CCc1nc(CC(O)(c2ccc(-c3ccc(F)cn3)cc2)C(F)(F)F)[nH]c1CC(C)(C)C. The van der Waals surface area contributed by atoms with Crippen LogP contribution in [0.15, 0.2) is 42.6 Å². The number of pyridine rings is 1. The summed E-state index contributed by atoms with van der Waals surface area (Å²) in [4.78, 5) is 11.3. The number of hydrogen-bond acceptors (Lipinski definition) is 3. The van der Waals surface area contributed by atoms with Crippen molar-refractivity contribution in [3.63, 3.8) is 0 Å². The van der Waals surface area contributed by atoms with E-state index in [0.717, 1.165) is 11.9 Å². The number of H-pyrrole nitrogens is 1. The molecule has 1 atom stereocenters. The van der Waals surface area contributed by atoms with Crippen molar-refractivity contribution in [2.45, 2.75) is 58.7 Å². The Morgan fingerprint density at radius 2 is 1.62 bits per heavy atom. The van der Waals surface area contributed by atoms with Gasteiger partial charge >= 0.3 is 6.18 Å². The topological polar surface area (TPSA) is 61.8 Å². The summed E-state index contributed by atoms with van der Waals surface area (Å²) >= 11 is 0. The highest BCUT2D eigenvalue weighted by Gasteiger charge is 2.55. The number of nitrogens with zero attached hydrogens (tertiary/aromatic N) is 2. The number of imidazole rings is 1. The molecular weight excluding hydrogens is 422 g/mol. The molecule has 0 spiro atoms. The first-order valence-corrected chi connectivity index (χ1v) is 10.4. The Kier molecular flexibility index (Phi) is 6.47. The first kappa shape index (κ1) is 23.9. The fraction of sp³-hybridized carbons (Fsp3) is 0.417. The number of halogens is 4. The third-order valence-corrected chi connectivity index (χ3v) is 5.23. The van der Waals surface area contributed by atoms with Gasteiger partial charge in [0.15, 0.2) is 5.60 Å². The first-order chi connectivity index (χ1) is 14.8. The predicted octanol–water partition coefficient (Wildman–Crippen LogP) is 5.75. The molecule has 2 aromatic heterocycles. The molecule has 0 saturated carbocycles. The number of aliphatic hydroxyl groups is 1. The second-order valence-corrected chi connectivity index (χ2v) is 9.17. The van der Waals surface area contributed by atoms with Crippen molar-refractivity contribution in [2.75, 3.05) is 0 Å². The molecule has 0 aliphatic carbocycles. The minimum absolute atomic E-state index is 0.0712. The van der Waals surface area contributed by atoms with Gasteiger partial charge in [0, 0.05) is 17.7 Å². The van der Waals surface area contributed by atoms with Gasteiger partial charge in [-0.15, -0.1) is 0 Å². The van der Waals surface area contributed by atoms with Crippen LogP contribution in [0.1, 0.15) is 50.5 Å². The van der Waals surface area contributed by atoms with E-state index in [-0.39, 0.29) is 16.8 Å². The Morgan fingerprint density at radius 3 is 2.12 bits per heavy atom. The Morgan fingerprint density at radius 1 is 0.969 bits per heavy atom. The van der Waals surface area contributed by atoms with Crippen molar-refractivity contribution >= 4 is 0 Å². The van der Waals surface area contributed by atoms with E-state index in [0.29, 0.717) is 29.8 Å². The second-order valence-electron chi connectivity index (χ2n) is 9.17. The summed E-state index contributed by atoms with van der Waals surface area (Å²) in [5.74, 6) is -0.419. The van der Waals surface area contributed by atoms with Gasteiger partial charge in [-0.05, 0) is 36.0 Å². The van der Waals surface area contributed by atoms with Gasteiger partial charge in [-0.2, -0.15) is 13.2 Å². The highest BCUT2D eigenvalue weighted by Crippen LogP contribution is 2.42. The van der Waals surface area contributed by atoms with Gasteiger partial charge in [0.25, 0.3) is 0 Å². The first-order valence-electron chi connectivity index (χ1n) is 10.4. The van der Waals surface area contributed by atoms with Crippen molar-refractivity contribution in [1.82, 2.24) is 15.0 Å². The second kappa shape index (κ2) is 8.65. The minimum atomic E-state index is -4.92. The van der Waals surface area contributed by atoms with Crippen LogP contribution in [0.3, 0.4) is 0 Å². The van der Waals surface area contributed by atoms with Crippen LogP contribution in [-0.2, 0) is 24.9 Å². The highest BCUT2D eigenvalue weighted by atomic mass is 19.4. The molecule has 0 aliphatic rings. The molecule has 1 aromatic carbocycles. The van der Waals surface area contributed by atoms with Crippen molar-refractivity contribution in [3.8, 4) is 11.3 Å². The zero-order valence-electron chi connectivity index (χ0n) is 18.5. The van der Waals surface area contributed by atoms with Crippen LogP contribution in [0.4, 0.5) is 17.6 Å². The third-order valence-electron chi connectivity index (χ3n) is 5.23. The molecule has 2 heterocycles. The van der Waals surface area contributed by atoms with Crippen LogP contribution in [-0.4, -0.2) is 26.2 Å². The number of alkyl halides is 3. The van der Waals surface area contributed by atoms with Gasteiger partial charge in [0.05, 0.1) is 17.6 Å². The number of benzene rings is 1. The van der Waals surface area contributed by atoms with Crippen molar-refractivity contribution < 1.29 is 22.7 Å². The molecule has 1 unspecified atom stereocenters. The summed E-state index contributed by atoms with van der Waals surface area (Å²) in [6.07, 6.45) is -3.42. The molecule has 3 aromatic rings. The maximum Gasteiger partial charge on any atom is 0.421 e. The molecule has 0 fully saturated rings. The molecule has 0 amide bonds. The molecule has 2 N–H and O–H groups in total. The van der Waals surface area contributed by atoms with E-state index in [1.54, 1.807) is 0 Å². The fourth-order valence-corrected chi connectivity index (χ4v) is 3.63. The number of aryl methyl sites for hydroxylation is 1. The molecule has 0 bridgehead atoms. The molecule has 0 saturated heterocycles. The van der Waals surface area contributed by atoms with Crippen molar-refractivity contribution in [3.05, 3.63) is 71.2 Å². The molecule has 172 valence electrons. The lowest BCUT2D eigenvalue weighted by atomic mass is 9.88. The van der Waals surface area contributed by atoms with E-state index in [1.807, 2.05) is 27.7 Å². The number of aromatic nitrogens is 3. The molecule has 4 nitrogen and oxygen atoms in total. The van der Waals surface area contributed by atoms with Gasteiger partial charge in [-0.1, -0.05) is 52.0 Å². The zero-order chi connectivity index (χ0) is 23.7. The van der Waals surface area contributed by atoms with Gasteiger partial charge in [-0.25, -0.2) is 9.37 Å². The molecule has 0 radical (unpaired) electrons. The standard InChI is InChI=1S/C24H27F4N3O/c1-5-18-20(12-22(2,3)4)31-21(30-18)13-23(32,24(26,27)28)16-8-6-15(7-9-16)19-11-10-17(25)14-29-19/h6-11,14,32H,5,12-13H2,1-4H3,(H,30,31). The lowest BCUT2D eigenvalue weighted by Gasteiger charge is -2.30. The largest absolute Gasteiger partial charge is 0.421 e. The fourth-order valence-electron chi connectivity index (χ4n) is 3.63. The maximum atomic E-state index is 14.1. The van der Waals surface area contributed by atoms with Crippen LogP contribution in [0.2, 0.25) is 0 Å². The highest BCUT2D eigenvalue weighted by molar-refractivity contribution is 5.59. The minimum Gasteiger partial charge on any atom is -0.376 e. The molecule has 32 heavy (non-hydrogen) atoms. The molecule has 0 aliphatic heterocycles. The number of rotatable bonds is 6. The van der Waals surface area contributed by atoms with Crippen LogP contribution in [0, 0.1) is 11.2 Å². The van der Waals surface area contributed by atoms with E-state index in [9.17, 15) is 22.7 Å². The molecule has 8 heteroatoms. The van der Waals surface area contributed by atoms with Crippen LogP contribution < -0.4 is 0 Å². The number of nitrogens with one attached hydrogen (secondary N) is 1. The van der Waals surface area contributed by atoms with Crippen molar-refractivity contribution in [1.29, 1.82) is 0 Å². The van der Waals surface area contributed by atoms with Crippen LogP contribution in [0.25, 0.3) is 11.3 Å². The van der Waals surface area contributed by atoms with Gasteiger partial charge < -0.3 is 10.1 Å². The van der Waals surface area contributed by atoms with Crippen LogP contribution in [0.5, 0.6) is 0 Å². The molecular formula is C24H27F4N3O. The quantitative estimate of drug-likeness (QED) is 0.471. The summed E-state index contributed by atoms with van der Waals surface area (Å²) < 4.78 is 55.3. The van der Waals surface area contributed by atoms with E-state index in [4.69, 9.17) is 0 Å². The van der Waals surface area contributed by atoms with Gasteiger partial charge in [0.2, 0.25) is 0 Å². The summed E-state index contributed by atoms with van der Waals surface area (Å²) in [5.41, 5.74) is -1.07. The van der Waals surface area contributed by atoms with E-state index in [1.165, 1.54) is 36.4 Å². The summed E-state index contributed by atoms with van der Waals surface area (Å²) in [7, 11) is 0. The lowest BCUT2D eigenvalue weighted by Crippen LogP contribution is -2.44. The summed E-state index contributed by atoms with van der Waals surface area (Å²) in [6, 6.07) is 7.95. The number of aromatic amines is 1. The Hall–Kier alpha value is -2.74. The average molecular weight is 449 g/mol. The Bertz CT molecular complexity index is 1050. The zero-order valence-corrected chi connectivity index (χ0v) is 18.5. The van der Waals surface area contributed by atoms with Gasteiger partial charge in [-0.3, -0.25) is 4.98 Å². The summed E-state index contributed by atoms with van der Waals surface area (Å²) in [6.45, 7) is 8.01. The number of hydrogen-bond donors (Lipinski definition) is 2. The lowest BCUT2D eigenvalue weighted by molar-refractivity contribution is -0.266. The Balaban J connectivity index is 1.95. The smallest absolute Gasteiger partial charge is 0.376 e.